The molecule has 1 aliphatic carbocycles. The van der Waals surface area contributed by atoms with E-state index in [1.807, 2.05) is 0 Å². The Hall–Kier alpha value is -0.900. The minimum absolute atomic E-state index is 0.0349. The number of alkyl halides is 2. The van der Waals surface area contributed by atoms with Gasteiger partial charge in [-0.3, -0.25) is 4.98 Å². The zero-order valence-corrected chi connectivity index (χ0v) is 9.47. The number of pyridine rings is 1. The van der Waals surface area contributed by atoms with E-state index in [2.05, 4.69) is 4.98 Å². The van der Waals surface area contributed by atoms with Crippen molar-refractivity contribution in [3.05, 3.63) is 23.0 Å². The standard InChI is InChI=1S/C11H13ClF2N2/c12-9-5-8(15)6-16-10(9)7-1-3-11(13,14)4-2-7/h5-7H,1-4,15H2. The van der Waals surface area contributed by atoms with Crippen molar-refractivity contribution in [2.45, 2.75) is 37.5 Å². The number of hydrogen-bond donors (Lipinski definition) is 1. The first-order chi connectivity index (χ1) is 7.48. The first-order valence-corrected chi connectivity index (χ1v) is 5.64. The maximum atomic E-state index is 13.0. The van der Waals surface area contributed by atoms with Gasteiger partial charge in [0.15, 0.2) is 0 Å². The van der Waals surface area contributed by atoms with Gasteiger partial charge >= 0.3 is 0 Å². The lowest BCUT2D eigenvalue weighted by Crippen LogP contribution is -2.24. The molecule has 16 heavy (non-hydrogen) atoms. The molecule has 0 radical (unpaired) electrons. The van der Waals surface area contributed by atoms with E-state index >= 15 is 0 Å². The molecular weight excluding hydrogens is 234 g/mol. The molecule has 2 N–H and O–H groups in total. The molecule has 0 aliphatic heterocycles. The number of hydrogen-bond acceptors (Lipinski definition) is 2. The third-order valence-electron chi connectivity index (χ3n) is 2.99. The highest BCUT2D eigenvalue weighted by Crippen LogP contribution is 2.42. The van der Waals surface area contributed by atoms with Crippen molar-refractivity contribution in [3.8, 4) is 0 Å². The number of nitrogen functional groups attached to an aromatic ring is 1. The fourth-order valence-corrected chi connectivity index (χ4v) is 2.41. The van der Waals surface area contributed by atoms with Crippen molar-refractivity contribution in [1.29, 1.82) is 0 Å². The summed E-state index contributed by atoms with van der Waals surface area (Å²) in [4.78, 5) is 4.15. The molecule has 1 fully saturated rings. The lowest BCUT2D eigenvalue weighted by molar-refractivity contribution is -0.0384. The van der Waals surface area contributed by atoms with Crippen LogP contribution in [0.5, 0.6) is 0 Å². The molecule has 1 aromatic rings. The Bertz CT molecular complexity index is 386. The normalized spacial score (nSPS) is 20.9. The fourth-order valence-electron chi connectivity index (χ4n) is 2.08. The molecule has 0 spiro atoms. The van der Waals surface area contributed by atoms with Gasteiger partial charge in [-0.2, -0.15) is 0 Å². The summed E-state index contributed by atoms with van der Waals surface area (Å²) in [5.41, 5.74) is 6.73. The van der Waals surface area contributed by atoms with Crippen LogP contribution in [-0.2, 0) is 0 Å². The molecular formula is C11H13ClF2N2. The Morgan fingerprint density at radius 1 is 1.38 bits per heavy atom. The van der Waals surface area contributed by atoms with E-state index in [1.54, 1.807) is 6.07 Å². The highest BCUT2D eigenvalue weighted by atomic mass is 35.5. The van der Waals surface area contributed by atoms with Crippen LogP contribution in [0.25, 0.3) is 0 Å². The van der Waals surface area contributed by atoms with Crippen LogP contribution in [0.4, 0.5) is 14.5 Å². The van der Waals surface area contributed by atoms with Gasteiger partial charge < -0.3 is 5.73 Å². The Morgan fingerprint density at radius 2 is 2.00 bits per heavy atom. The molecule has 5 heteroatoms. The van der Waals surface area contributed by atoms with Crippen LogP contribution in [-0.4, -0.2) is 10.9 Å². The van der Waals surface area contributed by atoms with Crippen molar-refractivity contribution < 1.29 is 8.78 Å². The predicted molar refractivity (Wildman–Crippen MR) is 59.8 cm³/mol. The van der Waals surface area contributed by atoms with Gasteiger partial charge in [0.05, 0.1) is 22.6 Å². The fraction of sp³-hybridized carbons (Fsp3) is 0.545. The van der Waals surface area contributed by atoms with Crippen molar-refractivity contribution in [2.24, 2.45) is 0 Å². The molecule has 2 nitrogen and oxygen atoms in total. The summed E-state index contributed by atoms with van der Waals surface area (Å²) >= 11 is 6.00. The van der Waals surface area contributed by atoms with Crippen molar-refractivity contribution in [2.75, 3.05) is 5.73 Å². The van der Waals surface area contributed by atoms with Crippen LogP contribution >= 0.6 is 11.6 Å². The molecule has 0 atom stereocenters. The van der Waals surface area contributed by atoms with Gasteiger partial charge in [0.1, 0.15) is 0 Å². The number of halogens is 3. The van der Waals surface area contributed by atoms with Crippen LogP contribution in [0.1, 0.15) is 37.3 Å². The lowest BCUT2D eigenvalue weighted by Gasteiger charge is -2.28. The van der Waals surface area contributed by atoms with E-state index in [-0.39, 0.29) is 18.8 Å². The van der Waals surface area contributed by atoms with Crippen LogP contribution in [0.3, 0.4) is 0 Å². The summed E-state index contributed by atoms with van der Waals surface area (Å²) in [5.74, 6) is -2.48. The minimum Gasteiger partial charge on any atom is -0.397 e. The number of anilines is 1. The maximum absolute atomic E-state index is 13.0. The second kappa shape index (κ2) is 4.17. The predicted octanol–water partition coefficient (Wildman–Crippen LogP) is 3.61. The summed E-state index contributed by atoms with van der Waals surface area (Å²) in [6, 6.07) is 1.62. The van der Waals surface area contributed by atoms with E-state index < -0.39 is 5.92 Å². The average Bonchev–Trinajstić information content (AvgIpc) is 2.19. The third-order valence-corrected chi connectivity index (χ3v) is 3.30. The maximum Gasteiger partial charge on any atom is 0.248 e. The van der Waals surface area contributed by atoms with Gasteiger partial charge in [-0.25, -0.2) is 8.78 Å². The van der Waals surface area contributed by atoms with Gasteiger partial charge in [-0.05, 0) is 18.9 Å². The van der Waals surface area contributed by atoms with Gasteiger partial charge in [-0.1, -0.05) is 11.6 Å². The number of nitrogens with two attached hydrogens (primary N) is 1. The molecule has 0 amide bonds. The smallest absolute Gasteiger partial charge is 0.248 e. The number of aromatic nitrogens is 1. The largest absolute Gasteiger partial charge is 0.397 e. The minimum atomic E-state index is -2.52. The second-order valence-electron chi connectivity index (χ2n) is 4.27. The van der Waals surface area contributed by atoms with Crippen LogP contribution in [0, 0.1) is 0 Å². The van der Waals surface area contributed by atoms with Crippen molar-refractivity contribution >= 4 is 17.3 Å². The van der Waals surface area contributed by atoms with E-state index in [1.165, 1.54) is 6.20 Å². The molecule has 0 aromatic carbocycles. The van der Waals surface area contributed by atoms with Gasteiger partial charge in [0, 0.05) is 18.8 Å². The second-order valence-corrected chi connectivity index (χ2v) is 4.67. The van der Waals surface area contributed by atoms with E-state index in [0.29, 0.717) is 29.2 Å². The van der Waals surface area contributed by atoms with Gasteiger partial charge in [0.2, 0.25) is 5.92 Å². The summed E-state index contributed by atoms with van der Waals surface area (Å²) < 4.78 is 26.0. The molecule has 1 aliphatic rings. The molecule has 1 aromatic heterocycles. The van der Waals surface area contributed by atoms with E-state index in [4.69, 9.17) is 17.3 Å². The number of nitrogens with zero attached hydrogens (tertiary/aromatic N) is 1. The highest BCUT2D eigenvalue weighted by molar-refractivity contribution is 6.31. The quantitative estimate of drug-likeness (QED) is 0.822. The van der Waals surface area contributed by atoms with Gasteiger partial charge in [-0.15, -0.1) is 0 Å². The first-order valence-electron chi connectivity index (χ1n) is 5.27. The van der Waals surface area contributed by atoms with E-state index in [0.717, 1.165) is 0 Å². The Morgan fingerprint density at radius 3 is 2.56 bits per heavy atom. The SMILES string of the molecule is Nc1cnc(C2CCC(F)(F)CC2)c(Cl)c1. The Kier molecular flexibility index (Phi) is 3.02. The van der Waals surface area contributed by atoms with Crippen LogP contribution in [0.2, 0.25) is 5.02 Å². The lowest BCUT2D eigenvalue weighted by atomic mass is 9.84. The first kappa shape index (κ1) is 11.6. The monoisotopic (exact) mass is 246 g/mol. The summed E-state index contributed by atoms with van der Waals surface area (Å²) in [7, 11) is 0. The van der Waals surface area contributed by atoms with Crippen molar-refractivity contribution in [3.63, 3.8) is 0 Å². The van der Waals surface area contributed by atoms with Crippen LogP contribution in [0.15, 0.2) is 12.3 Å². The summed E-state index contributed by atoms with van der Waals surface area (Å²) in [5, 5.41) is 0.482. The van der Waals surface area contributed by atoms with Gasteiger partial charge in [0.25, 0.3) is 0 Å². The summed E-state index contributed by atoms with van der Waals surface area (Å²) in [6.07, 6.45) is 2.22. The average molecular weight is 247 g/mol. The topological polar surface area (TPSA) is 38.9 Å². The van der Waals surface area contributed by atoms with E-state index in [9.17, 15) is 8.78 Å². The summed E-state index contributed by atoms with van der Waals surface area (Å²) in [6.45, 7) is 0. The highest BCUT2D eigenvalue weighted by Gasteiger charge is 2.36. The van der Waals surface area contributed by atoms with Crippen LogP contribution < -0.4 is 5.73 Å². The molecule has 1 heterocycles. The Labute approximate surface area is 97.8 Å². The molecule has 88 valence electrons. The molecule has 0 unspecified atom stereocenters. The zero-order valence-electron chi connectivity index (χ0n) is 8.72. The molecule has 0 saturated heterocycles. The number of rotatable bonds is 1. The third kappa shape index (κ3) is 2.43. The molecule has 1 saturated carbocycles. The van der Waals surface area contributed by atoms with Crippen molar-refractivity contribution in [1.82, 2.24) is 4.98 Å². The zero-order chi connectivity index (χ0) is 11.8. The Balaban J connectivity index is 2.14. The molecule has 0 bridgehead atoms. The molecule has 2 rings (SSSR count).